The molecule has 0 saturated heterocycles. The second-order valence-corrected chi connectivity index (χ2v) is 10.9. The van der Waals surface area contributed by atoms with Gasteiger partial charge in [-0.15, -0.1) is 0 Å². The maximum Gasteiger partial charge on any atom is 0.308 e. The third kappa shape index (κ3) is 16.3. The zero-order valence-corrected chi connectivity index (χ0v) is 24.9. The van der Waals surface area contributed by atoms with Gasteiger partial charge in [-0.25, -0.2) is 0 Å². The summed E-state index contributed by atoms with van der Waals surface area (Å²) < 4.78 is 18.1. The van der Waals surface area contributed by atoms with Gasteiger partial charge in [0.15, 0.2) is 0 Å². The molecule has 4 atom stereocenters. The van der Waals surface area contributed by atoms with E-state index in [9.17, 15) is 19.8 Å². The summed E-state index contributed by atoms with van der Waals surface area (Å²) in [5, 5.41) is 20.1. The zero-order valence-electron chi connectivity index (χ0n) is 24.9. The number of carboxylic acid groups (broad SMARTS) is 1. The molecule has 0 radical (unpaired) electrons. The van der Waals surface area contributed by atoms with Crippen molar-refractivity contribution in [1.29, 1.82) is 0 Å². The molecule has 0 amide bonds. The second-order valence-electron chi connectivity index (χ2n) is 10.9. The van der Waals surface area contributed by atoms with Gasteiger partial charge in [0.05, 0.1) is 44.4 Å². The average Bonchev–Trinajstić information content (AvgIpc) is 2.95. The molecule has 0 saturated carbocycles. The SMILES string of the molecule is CCCCC[C@@H](O)C[C@H](CC(=O)O[C@H](CCCCC)C[C@H](CC(=O)O)OCc1ccccc1)OCc1ccccc1. The van der Waals surface area contributed by atoms with Crippen LogP contribution in [0.1, 0.15) is 102 Å². The summed E-state index contributed by atoms with van der Waals surface area (Å²) in [7, 11) is 0. The average molecular weight is 571 g/mol. The molecule has 0 spiro atoms. The van der Waals surface area contributed by atoms with E-state index in [2.05, 4.69) is 13.8 Å². The lowest BCUT2D eigenvalue weighted by Crippen LogP contribution is -2.30. The number of benzene rings is 2. The van der Waals surface area contributed by atoms with Crippen molar-refractivity contribution < 1.29 is 34.0 Å². The maximum atomic E-state index is 13.2. The molecule has 2 aromatic rings. The molecule has 7 heteroatoms. The topological polar surface area (TPSA) is 102 Å². The fourth-order valence-corrected chi connectivity index (χ4v) is 4.80. The third-order valence-electron chi connectivity index (χ3n) is 7.08. The van der Waals surface area contributed by atoms with E-state index in [1.807, 2.05) is 60.7 Å². The highest BCUT2D eigenvalue weighted by atomic mass is 16.6. The summed E-state index contributed by atoms with van der Waals surface area (Å²) in [4.78, 5) is 24.8. The van der Waals surface area contributed by atoms with E-state index < -0.39 is 36.4 Å². The highest BCUT2D eigenvalue weighted by Gasteiger charge is 2.26. The van der Waals surface area contributed by atoms with Crippen LogP contribution in [-0.4, -0.2) is 46.6 Å². The van der Waals surface area contributed by atoms with Gasteiger partial charge in [-0.1, -0.05) is 107 Å². The maximum absolute atomic E-state index is 13.2. The molecule has 2 aromatic carbocycles. The zero-order chi connectivity index (χ0) is 29.7. The second kappa shape index (κ2) is 21.0. The third-order valence-corrected chi connectivity index (χ3v) is 7.08. The summed E-state index contributed by atoms with van der Waals surface area (Å²) in [6, 6.07) is 19.4. The van der Waals surface area contributed by atoms with Gasteiger partial charge < -0.3 is 24.4 Å². The minimum atomic E-state index is -0.951. The standard InChI is InChI=1S/C34H50O7/c1-3-5-9-19-29(35)21-31(39-25-27-15-11-7-12-16-27)24-34(38)41-30(20-10-6-4-2)22-32(23-33(36)37)40-26-28-17-13-8-14-18-28/h7-8,11-18,29-32,35H,3-6,9-10,19-26H2,1-2H3,(H,36,37)/t29-,30-,31-,32-/m1/s1. The Labute approximate surface area is 246 Å². The number of esters is 1. The Kier molecular flexibility index (Phi) is 17.7. The monoisotopic (exact) mass is 570 g/mol. The number of hydrogen-bond acceptors (Lipinski definition) is 6. The van der Waals surface area contributed by atoms with Crippen molar-refractivity contribution in [1.82, 2.24) is 0 Å². The molecule has 0 heterocycles. The molecule has 2 rings (SSSR count). The molecule has 0 unspecified atom stereocenters. The van der Waals surface area contributed by atoms with E-state index in [4.69, 9.17) is 14.2 Å². The number of hydrogen-bond donors (Lipinski definition) is 2. The van der Waals surface area contributed by atoms with Gasteiger partial charge in [0.2, 0.25) is 0 Å². The Morgan fingerprint density at radius 3 is 1.71 bits per heavy atom. The number of unbranched alkanes of at least 4 members (excludes halogenated alkanes) is 4. The molecule has 0 fully saturated rings. The molecular weight excluding hydrogens is 520 g/mol. The summed E-state index contributed by atoms with van der Waals surface area (Å²) in [5.74, 6) is -1.35. The first-order chi connectivity index (χ1) is 19.9. The lowest BCUT2D eigenvalue weighted by Gasteiger charge is -2.25. The molecule has 0 aliphatic rings. The van der Waals surface area contributed by atoms with Crippen LogP contribution in [0.5, 0.6) is 0 Å². The summed E-state index contributed by atoms with van der Waals surface area (Å²) in [6.45, 7) is 4.87. The van der Waals surface area contributed by atoms with Crippen molar-refractivity contribution >= 4 is 11.9 Å². The van der Waals surface area contributed by atoms with E-state index in [0.29, 0.717) is 38.9 Å². The van der Waals surface area contributed by atoms with E-state index in [-0.39, 0.29) is 12.8 Å². The van der Waals surface area contributed by atoms with Gasteiger partial charge in [0.25, 0.3) is 0 Å². The molecule has 0 aliphatic heterocycles. The van der Waals surface area contributed by atoms with Crippen LogP contribution in [-0.2, 0) is 37.0 Å². The first kappa shape index (κ1) is 34.5. The quantitative estimate of drug-likeness (QED) is 0.107. The molecule has 0 aromatic heterocycles. The predicted octanol–water partition coefficient (Wildman–Crippen LogP) is 7.24. The van der Waals surface area contributed by atoms with Gasteiger partial charge in [-0.2, -0.15) is 0 Å². The van der Waals surface area contributed by atoms with Crippen LogP contribution in [0.25, 0.3) is 0 Å². The van der Waals surface area contributed by atoms with Crippen LogP contribution in [0, 0.1) is 0 Å². The van der Waals surface area contributed by atoms with Crippen LogP contribution in [0.15, 0.2) is 60.7 Å². The normalized spacial score (nSPS) is 14.2. The van der Waals surface area contributed by atoms with Crippen molar-refractivity contribution in [3.05, 3.63) is 71.8 Å². The lowest BCUT2D eigenvalue weighted by molar-refractivity contribution is -0.156. The Hall–Kier alpha value is -2.74. The van der Waals surface area contributed by atoms with Crippen molar-refractivity contribution in [3.63, 3.8) is 0 Å². The molecule has 228 valence electrons. The van der Waals surface area contributed by atoms with Crippen molar-refractivity contribution in [2.75, 3.05) is 0 Å². The van der Waals surface area contributed by atoms with Crippen LogP contribution >= 0.6 is 0 Å². The van der Waals surface area contributed by atoms with E-state index in [1.165, 1.54) is 0 Å². The molecule has 0 bridgehead atoms. The Morgan fingerprint density at radius 2 is 1.20 bits per heavy atom. The number of aliphatic hydroxyl groups excluding tert-OH is 1. The van der Waals surface area contributed by atoms with Crippen LogP contribution in [0.4, 0.5) is 0 Å². The Bertz CT molecular complexity index is 950. The van der Waals surface area contributed by atoms with Gasteiger partial charge in [-0.3, -0.25) is 9.59 Å². The lowest BCUT2D eigenvalue weighted by atomic mass is 10.0. The Balaban J connectivity index is 2.04. The van der Waals surface area contributed by atoms with Crippen LogP contribution in [0.3, 0.4) is 0 Å². The van der Waals surface area contributed by atoms with Gasteiger partial charge in [-0.05, 0) is 30.4 Å². The predicted molar refractivity (Wildman–Crippen MR) is 160 cm³/mol. The smallest absolute Gasteiger partial charge is 0.308 e. The number of aliphatic carboxylic acids is 1. The number of carbonyl (C=O) groups is 2. The number of aliphatic hydroxyl groups is 1. The van der Waals surface area contributed by atoms with Crippen molar-refractivity contribution in [2.24, 2.45) is 0 Å². The van der Waals surface area contributed by atoms with E-state index >= 15 is 0 Å². The first-order valence-corrected chi connectivity index (χ1v) is 15.3. The van der Waals surface area contributed by atoms with Crippen molar-refractivity contribution in [3.8, 4) is 0 Å². The number of carboxylic acids is 1. The van der Waals surface area contributed by atoms with Crippen LogP contribution < -0.4 is 0 Å². The van der Waals surface area contributed by atoms with E-state index in [0.717, 1.165) is 49.7 Å². The molecule has 7 nitrogen and oxygen atoms in total. The molecular formula is C34H50O7. The van der Waals surface area contributed by atoms with Crippen molar-refractivity contribution in [2.45, 2.75) is 129 Å². The highest BCUT2D eigenvalue weighted by molar-refractivity contribution is 5.70. The van der Waals surface area contributed by atoms with Crippen LogP contribution in [0.2, 0.25) is 0 Å². The minimum Gasteiger partial charge on any atom is -0.481 e. The molecule has 2 N–H and O–H groups in total. The summed E-state index contributed by atoms with van der Waals surface area (Å²) >= 11 is 0. The molecule has 0 aliphatic carbocycles. The number of ether oxygens (including phenoxy) is 3. The summed E-state index contributed by atoms with van der Waals surface area (Å²) in [5.41, 5.74) is 1.95. The van der Waals surface area contributed by atoms with E-state index in [1.54, 1.807) is 0 Å². The largest absolute Gasteiger partial charge is 0.481 e. The number of rotatable bonds is 23. The van der Waals surface area contributed by atoms with Gasteiger partial charge in [0, 0.05) is 12.8 Å². The minimum absolute atomic E-state index is 0.0242. The number of carbonyl (C=O) groups excluding carboxylic acids is 1. The Morgan fingerprint density at radius 1 is 0.683 bits per heavy atom. The van der Waals surface area contributed by atoms with Gasteiger partial charge in [0.1, 0.15) is 6.10 Å². The highest BCUT2D eigenvalue weighted by Crippen LogP contribution is 2.21. The summed E-state index contributed by atoms with van der Waals surface area (Å²) in [6.07, 6.45) is 5.70. The molecule has 41 heavy (non-hydrogen) atoms. The fraction of sp³-hybridized carbons (Fsp3) is 0.588. The van der Waals surface area contributed by atoms with Gasteiger partial charge >= 0.3 is 11.9 Å². The first-order valence-electron chi connectivity index (χ1n) is 15.3. The fourth-order valence-electron chi connectivity index (χ4n) is 4.80.